The van der Waals surface area contributed by atoms with Crippen molar-refractivity contribution in [3.63, 3.8) is 0 Å². The van der Waals surface area contributed by atoms with Crippen LogP contribution in [0.4, 0.5) is 14.5 Å². The number of carbonyl (C=O) groups excluding carboxylic acids is 2. The monoisotopic (exact) mass is 392 g/mol. The maximum atomic E-state index is 13.4. The van der Waals surface area contributed by atoms with Crippen molar-refractivity contribution in [2.45, 2.75) is 19.0 Å². The lowest BCUT2D eigenvalue weighted by Crippen LogP contribution is -2.32. The van der Waals surface area contributed by atoms with Crippen molar-refractivity contribution in [3.8, 4) is 0 Å². The van der Waals surface area contributed by atoms with Gasteiger partial charge in [0.05, 0.1) is 12.5 Å². The summed E-state index contributed by atoms with van der Waals surface area (Å²) in [7, 11) is 0. The Bertz CT molecular complexity index is 1070. The van der Waals surface area contributed by atoms with Gasteiger partial charge in [0.1, 0.15) is 11.6 Å². The number of nitrogens with zero attached hydrogens (tertiary/aromatic N) is 1. The lowest BCUT2D eigenvalue weighted by atomic mass is 10.0. The maximum Gasteiger partial charge on any atom is 0.255 e. The second-order valence-electron chi connectivity index (χ2n) is 6.92. The molecule has 1 heterocycles. The van der Waals surface area contributed by atoms with E-state index in [0.717, 1.165) is 5.56 Å². The Balaban J connectivity index is 1.60. The molecule has 0 spiro atoms. The fraction of sp³-hybridized carbons (Fsp3) is 0.130. The van der Waals surface area contributed by atoms with Crippen molar-refractivity contribution in [3.05, 3.63) is 101 Å². The molecule has 4 nitrogen and oxygen atoms in total. The van der Waals surface area contributed by atoms with Gasteiger partial charge in [-0.2, -0.15) is 0 Å². The van der Waals surface area contributed by atoms with E-state index in [2.05, 4.69) is 5.32 Å². The van der Waals surface area contributed by atoms with Gasteiger partial charge >= 0.3 is 0 Å². The molecule has 3 aromatic rings. The van der Waals surface area contributed by atoms with Gasteiger partial charge in [0.25, 0.3) is 5.91 Å². The second-order valence-corrected chi connectivity index (χ2v) is 6.92. The first-order chi connectivity index (χ1) is 14.0. The third-order valence-electron chi connectivity index (χ3n) is 4.97. The summed E-state index contributed by atoms with van der Waals surface area (Å²) >= 11 is 0. The average Bonchev–Trinajstić information content (AvgIpc) is 3.04. The van der Waals surface area contributed by atoms with Crippen LogP contribution >= 0.6 is 0 Å². The van der Waals surface area contributed by atoms with Crippen LogP contribution < -0.4 is 5.32 Å². The van der Waals surface area contributed by atoms with Crippen LogP contribution in [0.5, 0.6) is 0 Å². The smallest absolute Gasteiger partial charge is 0.255 e. The van der Waals surface area contributed by atoms with Crippen molar-refractivity contribution in [2.24, 2.45) is 0 Å². The zero-order chi connectivity index (χ0) is 20.4. The molecule has 1 aliphatic rings. The van der Waals surface area contributed by atoms with E-state index in [-0.39, 0.29) is 18.2 Å². The average molecular weight is 392 g/mol. The highest BCUT2D eigenvalue weighted by atomic mass is 19.1. The molecule has 1 N–H and O–H groups in total. The largest absolute Gasteiger partial charge is 0.327 e. The molecule has 0 aliphatic carbocycles. The maximum absolute atomic E-state index is 13.4. The van der Waals surface area contributed by atoms with Crippen LogP contribution in [0.2, 0.25) is 0 Å². The highest BCUT2D eigenvalue weighted by Gasteiger charge is 2.34. The van der Waals surface area contributed by atoms with Gasteiger partial charge in [-0.3, -0.25) is 9.59 Å². The highest BCUT2D eigenvalue weighted by Crippen LogP contribution is 2.33. The Hall–Kier alpha value is -3.54. The quantitative estimate of drug-likeness (QED) is 0.685. The number of anilines is 1. The topological polar surface area (TPSA) is 49.4 Å². The molecule has 0 fully saturated rings. The number of carbonyl (C=O) groups is 2. The molecule has 3 aromatic carbocycles. The van der Waals surface area contributed by atoms with Crippen LogP contribution in [0.3, 0.4) is 0 Å². The molecule has 0 radical (unpaired) electrons. The minimum Gasteiger partial charge on any atom is -0.327 e. The molecule has 29 heavy (non-hydrogen) atoms. The zero-order valence-electron chi connectivity index (χ0n) is 15.4. The first kappa shape index (κ1) is 18.8. The summed E-state index contributed by atoms with van der Waals surface area (Å²) in [6.45, 7) is 0.365. The van der Waals surface area contributed by atoms with Gasteiger partial charge in [-0.1, -0.05) is 36.4 Å². The number of nitrogens with one attached hydrogen (secondary N) is 1. The summed E-state index contributed by atoms with van der Waals surface area (Å²) < 4.78 is 26.8. The Morgan fingerprint density at radius 3 is 2.45 bits per heavy atom. The van der Waals surface area contributed by atoms with Crippen molar-refractivity contribution in [2.75, 3.05) is 5.32 Å². The first-order valence-electron chi connectivity index (χ1n) is 9.21. The molecule has 6 heteroatoms. The third kappa shape index (κ3) is 4.01. The number of rotatable bonds is 5. The van der Waals surface area contributed by atoms with Crippen molar-refractivity contribution in [1.82, 2.24) is 4.90 Å². The van der Waals surface area contributed by atoms with Gasteiger partial charge in [-0.25, -0.2) is 8.78 Å². The van der Waals surface area contributed by atoms with Crippen LogP contribution in [0, 0.1) is 11.6 Å². The highest BCUT2D eigenvalue weighted by molar-refractivity contribution is 5.99. The SMILES string of the molecule is O=C(CC(c1ccc(F)cc1)N1Cc2ccccc2C1=O)Nc1cccc(F)c1. The summed E-state index contributed by atoms with van der Waals surface area (Å²) in [5.41, 5.74) is 2.48. The normalized spacial score (nSPS) is 13.9. The van der Waals surface area contributed by atoms with Gasteiger partial charge in [0, 0.05) is 17.8 Å². The van der Waals surface area contributed by atoms with E-state index in [1.54, 1.807) is 35.2 Å². The van der Waals surface area contributed by atoms with Crippen molar-refractivity contribution < 1.29 is 18.4 Å². The van der Waals surface area contributed by atoms with E-state index in [4.69, 9.17) is 0 Å². The Morgan fingerprint density at radius 2 is 1.72 bits per heavy atom. The van der Waals surface area contributed by atoms with Gasteiger partial charge < -0.3 is 10.2 Å². The lowest BCUT2D eigenvalue weighted by Gasteiger charge is -2.28. The summed E-state index contributed by atoms with van der Waals surface area (Å²) in [6, 6.07) is 18.1. The van der Waals surface area contributed by atoms with Gasteiger partial charge in [0.2, 0.25) is 5.91 Å². The second kappa shape index (κ2) is 7.83. The lowest BCUT2D eigenvalue weighted by molar-refractivity contribution is -0.117. The number of hydrogen-bond donors (Lipinski definition) is 1. The number of fused-ring (bicyclic) bond motifs is 1. The Labute approximate surface area is 166 Å². The van der Waals surface area contributed by atoms with E-state index in [9.17, 15) is 18.4 Å². The Kier molecular flexibility index (Phi) is 5.08. The van der Waals surface area contributed by atoms with E-state index >= 15 is 0 Å². The fourth-order valence-electron chi connectivity index (χ4n) is 3.58. The minimum atomic E-state index is -0.580. The molecule has 4 rings (SSSR count). The summed E-state index contributed by atoms with van der Waals surface area (Å²) in [4.78, 5) is 27.2. The molecule has 1 atom stereocenters. The number of benzene rings is 3. The third-order valence-corrected chi connectivity index (χ3v) is 4.97. The molecule has 1 unspecified atom stereocenters. The van der Waals surface area contributed by atoms with Crippen LogP contribution in [-0.4, -0.2) is 16.7 Å². The fourth-order valence-corrected chi connectivity index (χ4v) is 3.58. The predicted octanol–water partition coefficient (Wildman–Crippen LogP) is 4.69. The Morgan fingerprint density at radius 1 is 0.966 bits per heavy atom. The van der Waals surface area contributed by atoms with Crippen LogP contribution in [0.15, 0.2) is 72.8 Å². The standard InChI is InChI=1S/C23H18F2N2O2/c24-17-10-8-15(9-11-17)21(13-22(28)26-19-6-3-5-18(25)12-19)27-14-16-4-1-2-7-20(16)23(27)29/h1-12,21H,13-14H2,(H,26,28). The predicted molar refractivity (Wildman–Crippen MR) is 105 cm³/mol. The minimum absolute atomic E-state index is 0.0398. The summed E-state index contributed by atoms with van der Waals surface area (Å²) in [6.07, 6.45) is -0.0398. The van der Waals surface area contributed by atoms with Gasteiger partial charge in [-0.05, 0) is 47.5 Å². The molecule has 0 saturated heterocycles. The molecular weight excluding hydrogens is 374 g/mol. The van der Waals surface area contributed by atoms with E-state index in [1.165, 1.54) is 30.3 Å². The van der Waals surface area contributed by atoms with Crippen LogP contribution in [-0.2, 0) is 11.3 Å². The van der Waals surface area contributed by atoms with Gasteiger partial charge in [0.15, 0.2) is 0 Å². The number of hydrogen-bond acceptors (Lipinski definition) is 2. The molecule has 1 aliphatic heterocycles. The van der Waals surface area contributed by atoms with Crippen molar-refractivity contribution >= 4 is 17.5 Å². The molecule has 0 saturated carbocycles. The van der Waals surface area contributed by atoms with E-state index in [0.29, 0.717) is 23.4 Å². The summed E-state index contributed by atoms with van der Waals surface area (Å²) in [5.74, 6) is -1.39. The first-order valence-corrected chi connectivity index (χ1v) is 9.21. The van der Waals surface area contributed by atoms with Gasteiger partial charge in [-0.15, -0.1) is 0 Å². The number of halogens is 2. The molecular formula is C23H18F2N2O2. The van der Waals surface area contributed by atoms with Crippen molar-refractivity contribution in [1.29, 1.82) is 0 Å². The van der Waals surface area contributed by atoms with Crippen LogP contribution in [0.25, 0.3) is 0 Å². The molecule has 2 amide bonds. The summed E-state index contributed by atoms with van der Waals surface area (Å²) in [5, 5.41) is 2.66. The van der Waals surface area contributed by atoms with E-state index in [1.807, 2.05) is 12.1 Å². The zero-order valence-corrected chi connectivity index (χ0v) is 15.4. The number of amides is 2. The van der Waals surface area contributed by atoms with E-state index < -0.39 is 17.7 Å². The van der Waals surface area contributed by atoms with Crippen LogP contribution in [0.1, 0.15) is 33.9 Å². The molecule has 0 aromatic heterocycles. The molecule has 146 valence electrons. The molecule has 0 bridgehead atoms.